The van der Waals surface area contributed by atoms with Crippen LogP contribution in [-0.2, 0) is 4.79 Å². The van der Waals surface area contributed by atoms with E-state index in [9.17, 15) is 4.79 Å². The van der Waals surface area contributed by atoms with Crippen LogP contribution < -0.4 is 5.43 Å². The lowest BCUT2D eigenvalue weighted by atomic mass is 10.2. The number of aliphatic hydroxyl groups is 1. The van der Waals surface area contributed by atoms with E-state index in [1.54, 1.807) is 6.92 Å². The minimum Gasteiger partial charge on any atom is -0.392 e. The third-order valence-corrected chi connectivity index (χ3v) is 2.00. The standard InChI is InChI=1S/C8H16N2O2/c1-3-7-4-8(12)10(9-7)5-6(2)11/h6-7,9,11H,3-5H2,1-2H3. The van der Waals surface area contributed by atoms with Gasteiger partial charge in [0, 0.05) is 12.5 Å². The van der Waals surface area contributed by atoms with E-state index < -0.39 is 6.10 Å². The van der Waals surface area contributed by atoms with Crippen molar-refractivity contribution in [2.75, 3.05) is 6.54 Å². The molecule has 1 aliphatic heterocycles. The van der Waals surface area contributed by atoms with Crippen LogP contribution in [0.3, 0.4) is 0 Å². The molecule has 0 bridgehead atoms. The molecule has 1 fully saturated rings. The molecule has 4 heteroatoms. The van der Waals surface area contributed by atoms with E-state index in [0.717, 1.165) is 6.42 Å². The van der Waals surface area contributed by atoms with Crippen molar-refractivity contribution in [3.05, 3.63) is 0 Å². The summed E-state index contributed by atoms with van der Waals surface area (Å²) in [4.78, 5) is 11.2. The Kier molecular flexibility index (Phi) is 3.05. The number of carbonyl (C=O) groups is 1. The van der Waals surface area contributed by atoms with Gasteiger partial charge in [-0.15, -0.1) is 0 Å². The number of hydrazine groups is 1. The second kappa shape index (κ2) is 3.87. The number of amides is 1. The largest absolute Gasteiger partial charge is 0.392 e. The molecule has 1 aliphatic rings. The summed E-state index contributed by atoms with van der Waals surface area (Å²) in [6, 6.07) is 0.260. The number of hydrogen-bond acceptors (Lipinski definition) is 3. The number of aliphatic hydroxyl groups excluding tert-OH is 1. The summed E-state index contributed by atoms with van der Waals surface area (Å²) < 4.78 is 0. The zero-order valence-electron chi connectivity index (χ0n) is 7.58. The number of rotatable bonds is 3. The molecule has 4 nitrogen and oxygen atoms in total. The van der Waals surface area contributed by atoms with Gasteiger partial charge in [0.25, 0.3) is 0 Å². The highest BCUT2D eigenvalue weighted by Crippen LogP contribution is 2.10. The summed E-state index contributed by atoms with van der Waals surface area (Å²) in [7, 11) is 0. The van der Waals surface area contributed by atoms with Gasteiger partial charge in [-0.05, 0) is 13.3 Å². The molecule has 12 heavy (non-hydrogen) atoms. The third-order valence-electron chi connectivity index (χ3n) is 2.00. The molecule has 1 heterocycles. The van der Waals surface area contributed by atoms with Gasteiger partial charge in [0.05, 0.1) is 12.6 Å². The number of hydrogen-bond donors (Lipinski definition) is 2. The maximum Gasteiger partial charge on any atom is 0.238 e. The van der Waals surface area contributed by atoms with Gasteiger partial charge in [-0.25, -0.2) is 5.43 Å². The molecule has 1 saturated heterocycles. The van der Waals surface area contributed by atoms with Gasteiger partial charge >= 0.3 is 0 Å². The molecule has 0 aromatic rings. The zero-order chi connectivity index (χ0) is 9.14. The normalized spacial score (nSPS) is 26.4. The van der Waals surface area contributed by atoms with Crippen LogP contribution in [0.5, 0.6) is 0 Å². The maximum absolute atomic E-state index is 11.2. The van der Waals surface area contributed by atoms with Crippen molar-refractivity contribution in [1.29, 1.82) is 0 Å². The molecule has 1 amide bonds. The Morgan fingerprint density at radius 3 is 2.92 bits per heavy atom. The smallest absolute Gasteiger partial charge is 0.238 e. The number of β-amino-alcohol motifs (C(OH)–C–C–N with tert-alkyl or cyclic N) is 1. The highest BCUT2D eigenvalue weighted by molar-refractivity contribution is 5.78. The summed E-state index contributed by atoms with van der Waals surface area (Å²) in [6.07, 6.45) is 1.04. The van der Waals surface area contributed by atoms with Crippen LogP contribution in [0.1, 0.15) is 26.7 Å². The molecule has 0 saturated carbocycles. The Labute approximate surface area is 72.5 Å². The Balaban J connectivity index is 2.41. The Morgan fingerprint density at radius 1 is 1.83 bits per heavy atom. The average molecular weight is 172 g/mol. The fraction of sp³-hybridized carbons (Fsp3) is 0.875. The Morgan fingerprint density at radius 2 is 2.50 bits per heavy atom. The van der Waals surface area contributed by atoms with Gasteiger partial charge in [0.1, 0.15) is 0 Å². The van der Waals surface area contributed by atoms with Crippen LogP contribution in [0.25, 0.3) is 0 Å². The van der Waals surface area contributed by atoms with E-state index >= 15 is 0 Å². The van der Waals surface area contributed by atoms with E-state index in [1.807, 2.05) is 6.92 Å². The summed E-state index contributed by atoms with van der Waals surface area (Å²) in [5, 5.41) is 10.6. The molecule has 70 valence electrons. The molecule has 2 atom stereocenters. The molecule has 0 radical (unpaired) electrons. The highest BCUT2D eigenvalue weighted by Gasteiger charge is 2.27. The van der Waals surface area contributed by atoms with E-state index in [0.29, 0.717) is 13.0 Å². The van der Waals surface area contributed by atoms with Crippen molar-refractivity contribution in [3.8, 4) is 0 Å². The lowest BCUT2D eigenvalue weighted by molar-refractivity contribution is -0.130. The second-order valence-electron chi connectivity index (χ2n) is 3.29. The van der Waals surface area contributed by atoms with Crippen molar-refractivity contribution in [3.63, 3.8) is 0 Å². The van der Waals surface area contributed by atoms with Gasteiger partial charge in [-0.2, -0.15) is 0 Å². The first-order chi connectivity index (χ1) is 5.63. The summed E-state index contributed by atoms with van der Waals surface area (Å²) in [5.41, 5.74) is 3.05. The van der Waals surface area contributed by atoms with E-state index in [4.69, 9.17) is 5.11 Å². The molecule has 0 aliphatic carbocycles. The van der Waals surface area contributed by atoms with Gasteiger partial charge in [-0.3, -0.25) is 9.80 Å². The van der Waals surface area contributed by atoms with E-state index in [1.165, 1.54) is 5.01 Å². The van der Waals surface area contributed by atoms with Crippen LogP contribution in [0.2, 0.25) is 0 Å². The Hall–Kier alpha value is -0.610. The summed E-state index contributed by atoms with van der Waals surface area (Å²) >= 11 is 0. The molecule has 2 N–H and O–H groups in total. The van der Waals surface area contributed by atoms with Crippen molar-refractivity contribution < 1.29 is 9.90 Å². The highest BCUT2D eigenvalue weighted by atomic mass is 16.3. The number of carbonyl (C=O) groups excluding carboxylic acids is 1. The first-order valence-corrected chi connectivity index (χ1v) is 4.38. The lowest BCUT2D eigenvalue weighted by Crippen LogP contribution is -2.41. The van der Waals surface area contributed by atoms with Crippen LogP contribution in [0.4, 0.5) is 0 Å². The van der Waals surface area contributed by atoms with Crippen LogP contribution in [0, 0.1) is 0 Å². The number of nitrogens with one attached hydrogen (secondary N) is 1. The molecular weight excluding hydrogens is 156 g/mol. The monoisotopic (exact) mass is 172 g/mol. The van der Waals surface area contributed by atoms with Gasteiger partial charge in [0.2, 0.25) is 5.91 Å². The van der Waals surface area contributed by atoms with Crippen molar-refractivity contribution in [2.24, 2.45) is 0 Å². The fourth-order valence-corrected chi connectivity index (χ4v) is 1.31. The molecule has 2 unspecified atom stereocenters. The zero-order valence-corrected chi connectivity index (χ0v) is 7.58. The van der Waals surface area contributed by atoms with Crippen molar-refractivity contribution in [1.82, 2.24) is 10.4 Å². The minimum atomic E-state index is -0.461. The second-order valence-corrected chi connectivity index (χ2v) is 3.29. The van der Waals surface area contributed by atoms with Crippen LogP contribution in [0.15, 0.2) is 0 Å². The molecule has 0 spiro atoms. The maximum atomic E-state index is 11.2. The quantitative estimate of drug-likeness (QED) is 0.624. The molecule has 0 aromatic heterocycles. The van der Waals surface area contributed by atoms with Crippen LogP contribution in [-0.4, -0.2) is 34.7 Å². The Bertz CT molecular complexity index is 170. The SMILES string of the molecule is CCC1CC(=O)N(CC(C)O)N1. The van der Waals surface area contributed by atoms with Crippen molar-refractivity contribution >= 4 is 5.91 Å². The summed E-state index contributed by atoms with van der Waals surface area (Å²) in [6.45, 7) is 4.10. The molecule has 0 aromatic carbocycles. The average Bonchev–Trinajstić information content (AvgIpc) is 2.31. The lowest BCUT2D eigenvalue weighted by Gasteiger charge is -2.18. The fourth-order valence-electron chi connectivity index (χ4n) is 1.31. The summed E-state index contributed by atoms with van der Waals surface area (Å²) in [5.74, 6) is 0.0859. The van der Waals surface area contributed by atoms with Crippen molar-refractivity contribution in [2.45, 2.75) is 38.8 Å². The van der Waals surface area contributed by atoms with Crippen LogP contribution >= 0.6 is 0 Å². The topological polar surface area (TPSA) is 52.6 Å². The van der Waals surface area contributed by atoms with Gasteiger partial charge < -0.3 is 5.11 Å². The predicted octanol–water partition coefficient (Wildman–Crippen LogP) is -0.117. The molecular formula is C8H16N2O2. The molecule has 1 rings (SSSR count). The van der Waals surface area contributed by atoms with E-state index in [2.05, 4.69) is 5.43 Å². The first kappa shape index (κ1) is 9.48. The van der Waals surface area contributed by atoms with Gasteiger partial charge in [0.15, 0.2) is 0 Å². The van der Waals surface area contributed by atoms with Gasteiger partial charge in [-0.1, -0.05) is 6.92 Å². The minimum absolute atomic E-state index is 0.0859. The first-order valence-electron chi connectivity index (χ1n) is 4.38. The predicted molar refractivity (Wildman–Crippen MR) is 45.2 cm³/mol. The third kappa shape index (κ3) is 2.19. The van der Waals surface area contributed by atoms with E-state index in [-0.39, 0.29) is 11.9 Å². The number of nitrogens with zero attached hydrogens (tertiary/aromatic N) is 1.